The Bertz CT molecular complexity index is 787. The van der Waals surface area contributed by atoms with Gasteiger partial charge in [-0.1, -0.05) is 12.1 Å². The van der Waals surface area contributed by atoms with Gasteiger partial charge in [0.25, 0.3) is 5.91 Å². The average Bonchev–Trinajstić information content (AvgIpc) is 2.60. The summed E-state index contributed by atoms with van der Waals surface area (Å²) in [6.45, 7) is 1.38. The standard InChI is InChI=1S/C18H19NO6/c1-11-5-4-6-13(18(21)22)17(11)25-10-16(20)19-14-8-7-12(23-2)9-15(14)24-3/h4-9H,10H2,1-3H3,(H,19,20)(H,21,22). The molecule has 0 heterocycles. The molecule has 7 nitrogen and oxygen atoms in total. The normalized spacial score (nSPS) is 10.0. The van der Waals surface area contributed by atoms with E-state index in [2.05, 4.69) is 5.32 Å². The van der Waals surface area contributed by atoms with E-state index in [9.17, 15) is 14.7 Å². The lowest BCUT2D eigenvalue weighted by atomic mass is 10.1. The van der Waals surface area contributed by atoms with Gasteiger partial charge in [0.2, 0.25) is 0 Å². The third-order valence-corrected chi connectivity index (χ3v) is 3.47. The molecule has 132 valence electrons. The fourth-order valence-electron chi connectivity index (χ4n) is 2.24. The Morgan fingerprint density at radius 3 is 2.52 bits per heavy atom. The first-order valence-corrected chi connectivity index (χ1v) is 7.44. The van der Waals surface area contributed by atoms with E-state index in [0.717, 1.165) is 0 Å². The summed E-state index contributed by atoms with van der Waals surface area (Å²) in [5.74, 6) is -0.349. The number of para-hydroxylation sites is 1. The summed E-state index contributed by atoms with van der Waals surface area (Å²) in [4.78, 5) is 23.4. The van der Waals surface area contributed by atoms with Gasteiger partial charge >= 0.3 is 5.97 Å². The average molecular weight is 345 g/mol. The summed E-state index contributed by atoms with van der Waals surface area (Å²) in [5.41, 5.74) is 1.10. The molecule has 1 amide bonds. The molecule has 2 aromatic carbocycles. The number of carboxylic acids is 1. The third kappa shape index (κ3) is 4.41. The summed E-state index contributed by atoms with van der Waals surface area (Å²) < 4.78 is 15.7. The molecule has 0 radical (unpaired) electrons. The molecule has 0 saturated heterocycles. The smallest absolute Gasteiger partial charge is 0.339 e. The lowest BCUT2D eigenvalue weighted by molar-refractivity contribution is -0.118. The van der Waals surface area contributed by atoms with Crippen LogP contribution in [0.2, 0.25) is 0 Å². The van der Waals surface area contributed by atoms with Crippen LogP contribution in [0, 0.1) is 6.92 Å². The minimum atomic E-state index is -1.11. The van der Waals surface area contributed by atoms with Crippen molar-refractivity contribution in [3.05, 3.63) is 47.5 Å². The van der Waals surface area contributed by atoms with Crippen LogP contribution in [0.1, 0.15) is 15.9 Å². The maximum Gasteiger partial charge on any atom is 0.339 e. The Morgan fingerprint density at radius 1 is 1.12 bits per heavy atom. The molecular formula is C18H19NO6. The number of ether oxygens (including phenoxy) is 3. The minimum Gasteiger partial charge on any atom is -0.497 e. The molecular weight excluding hydrogens is 326 g/mol. The molecule has 25 heavy (non-hydrogen) atoms. The summed E-state index contributed by atoms with van der Waals surface area (Å²) in [6.07, 6.45) is 0. The molecule has 2 rings (SSSR count). The number of carboxylic acid groups (broad SMARTS) is 1. The second kappa shape index (κ2) is 8.05. The van der Waals surface area contributed by atoms with E-state index in [1.165, 1.54) is 20.3 Å². The van der Waals surface area contributed by atoms with Crippen molar-refractivity contribution in [2.45, 2.75) is 6.92 Å². The monoisotopic (exact) mass is 345 g/mol. The van der Waals surface area contributed by atoms with Gasteiger partial charge in [-0.25, -0.2) is 4.79 Å². The maximum atomic E-state index is 12.1. The van der Waals surface area contributed by atoms with Crippen molar-refractivity contribution in [2.75, 3.05) is 26.1 Å². The fraction of sp³-hybridized carbons (Fsp3) is 0.222. The molecule has 0 bridgehead atoms. The fourth-order valence-corrected chi connectivity index (χ4v) is 2.24. The number of benzene rings is 2. The van der Waals surface area contributed by atoms with E-state index >= 15 is 0 Å². The van der Waals surface area contributed by atoms with Crippen molar-refractivity contribution in [2.24, 2.45) is 0 Å². The Balaban J connectivity index is 2.09. The minimum absolute atomic E-state index is 0.00910. The lowest BCUT2D eigenvalue weighted by Gasteiger charge is -2.14. The molecule has 0 atom stereocenters. The first-order valence-electron chi connectivity index (χ1n) is 7.44. The summed E-state index contributed by atoms with van der Waals surface area (Å²) >= 11 is 0. The first kappa shape index (κ1) is 18.1. The van der Waals surface area contributed by atoms with Crippen LogP contribution in [0.3, 0.4) is 0 Å². The highest BCUT2D eigenvalue weighted by Gasteiger charge is 2.15. The molecule has 0 aliphatic carbocycles. The number of anilines is 1. The Kier molecular flexibility index (Phi) is 5.84. The molecule has 0 spiro atoms. The number of hydrogen-bond acceptors (Lipinski definition) is 5. The lowest BCUT2D eigenvalue weighted by Crippen LogP contribution is -2.21. The summed E-state index contributed by atoms with van der Waals surface area (Å²) in [7, 11) is 3.01. The molecule has 7 heteroatoms. The highest BCUT2D eigenvalue weighted by Crippen LogP contribution is 2.29. The number of amides is 1. The van der Waals surface area contributed by atoms with Gasteiger partial charge in [0, 0.05) is 6.07 Å². The van der Waals surface area contributed by atoms with E-state index in [4.69, 9.17) is 14.2 Å². The van der Waals surface area contributed by atoms with Crippen molar-refractivity contribution >= 4 is 17.6 Å². The quantitative estimate of drug-likeness (QED) is 0.801. The molecule has 0 aliphatic heterocycles. The Hall–Kier alpha value is -3.22. The highest BCUT2D eigenvalue weighted by atomic mass is 16.5. The van der Waals surface area contributed by atoms with Crippen LogP contribution in [0.25, 0.3) is 0 Å². The number of carbonyl (C=O) groups is 2. The topological polar surface area (TPSA) is 94.1 Å². The van der Waals surface area contributed by atoms with Gasteiger partial charge in [0.05, 0.1) is 19.9 Å². The molecule has 0 unspecified atom stereocenters. The SMILES string of the molecule is COc1ccc(NC(=O)COc2c(C)cccc2C(=O)O)c(OC)c1. The van der Waals surface area contributed by atoms with E-state index in [-0.39, 0.29) is 17.9 Å². The Labute approximate surface area is 145 Å². The predicted octanol–water partition coefficient (Wildman–Crippen LogP) is 2.73. The van der Waals surface area contributed by atoms with Crippen LogP contribution in [0.4, 0.5) is 5.69 Å². The Morgan fingerprint density at radius 2 is 1.88 bits per heavy atom. The van der Waals surface area contributed by atoms with E-state index < -0.39 is 11.9 Å². The van der Waals surface area contributed by atoms with E-state index in [1.54, 1.807) is 37.3 Å². The second-order valence-electron chi connectivity index (χ2n) is 5.16. The second-order valence-corrected chi connectivity index (χ2v) is 5.16. The van der Waals surface area contributed by atoms with Crippen molar-refractivity contribution in [1.82, 2.24) is 0 Å². The molecule has 2 N–H and O–H groups in total. The zero-order chi connectivity index (χ0) is 18.4. The van der Waals surface area contributed by atoms with Gasteiger partial charge in [0.15, 0.2) is 6.61 Å². The number of aromatic carboxylic acids is 1. The third-order valence-electron chi connectivity index (χ3n) is 3.47. The molecule has 2 aromatic rings. The van der Waals surface area contributed by atoms with Crippen LogP contribution < -0.4 is 19.5 Å². The molecule has 0 aromatic heterocycles. The zero-order valence-corrected chi connectivity index (χ0v) is 14.2. The van der Waals surface area contributed by atoms with Gasteiger partial charge in [-0.2, -0.15) is 0 Å². The number of nitrogens with one attached hydrogen (secondary N) is 1. The number of carbonyl (C=O) groups excluding carboxylic acids is 1. The van der Waals surface area contributed by atoms with Gasteiger partial charge < -0.3 is 24.6 Å². The maximum absolute atomic E-state index is 12.1. The van der Waals surface area contributed by atoms with Gasteiger partial charge in [-0.3, -0.25) is 4.79 Å². The van der Waals surface area contributed by atoms with Crippen molar-refractivity contribution in [3.8, 4) is 17.2 Å². The van der Waals surface area contributed by atoms with Crippen molar-refractivity contribution in [3.63, 3.8) is 0 Å². The van der Waals surface area contributed by atoms with Crippen LogP contribution in [-0.2, 0) is 4.79 Å². The predicted molar refractivity (Wildman–Crippen MR) is 91.8 cm³/mol. The van der Waals surface area contributed by atoms with Crippen molar-refractivity contribution < 1.29 is 28.9 Å². The molecule has 0 fully saturated rings. The number of rotatable bonds is 7. The van der Waals surface area contributed by atoms with E-state index in [1.807, 2.05) is 0 Å². The van der Waals surface area contributed by atoms with E-state index in [0.29, 0.717) is 22.7 Å². The summed E-state index contributed by atoms with van der Waals surface area (Å²) in [5, 5.41) is 11.9. The number of methoxy groups -OCH3 is 2. The van der Waals surface area contributed by atoms with Crippen LogP contribution in [0.15, 0.2) is 36.4 Å². The largest absolute Gasteiger partial charge is 0.497 e. The summed E-state index contributed by atoms with van der Waals surface area (Å²) in [6, 6.07) is 9.73. The zero-order valence-electron chi connectivity index (χ0n) is 14.2. The van der Waals surface area contributed by atoms with Gasteiger partial charge in [-0.05, 0) is 30.7 Å². The van der Waals surface area contributed by atoms with Crippen LogP contribution in [0.5, 0.6) is 17.2 Å². The number of aryl methyl sites for hydroxylation is 1. The van der Waals surface area contributed by atoms with Gasteiger partial charge in [-0.15, -0.1) is 0 Å². The first-order chi connectivity index (χ1) is 12.0. The molecule has 0 aliphatic rings. The van der Waals surface area contributed by atoms with Gasteiger partial charge in [0.1, 0.15) is 22.8 Å². The van der Waals surface area contributed by atoms with Crippen LogP contribution in [-0.4, -0.2) is 37.8 Å². The molecule has 0 saturated carbocycles. The van der Waals surface area contributed by atoms with Crippen molar-refractivity contribution in [1.29, 1.82) is 0 Å². The number of hydrogen-bond donors (Lipinski definition) is 2. The highest BCUT2D eigenvalue weighted by molar-refractivity contribution is 5.94. The van der Waals surface area contributed by atoms with Crippen LogP contribution >= 0.6 is 0 Å².